The van der Waals surface area contributed by atoms with Crippen LogP contribution < -0.4 is 10.1 Å². The number of hydrogen-bond acceptors (Lipinski definition) is 2. The molecule has 0 heterocycles. The van der Waals surface area contributed by atoms with Gasteiger partial charge in [0, 0.05) is 11.7 Å². The fourth-order valence-corrected chi connectivity index (χ4v) is 2.85. The van der Waals surface area contributed by atoms with Crippen LogP contribution in [0.5, 0.6) is 5.75 Å². The summed E-state index contributed by atoms with van der Waals surface area (Å²) in [6, 6.07) is 8.98. The zero-order valence-corrected chi connectivity index (χ0v) is 12.6. The van der Waals surface area contributed by atoms with E-state index in [0.29, 0.717) is 6.04 Å². The number of nitrogens with one attached hydrogen (secondary N) is 1. The molecule has 0 spiro atoms. The van der Waals surface area contributed by atoms with Crippen molar-refractivity contribution in [1.82, 2.24) is 0 Å². The summed E-state index contributed by atoms with van der Waals surface area (Å²) in [7, 11) is 0. The van der Waals surface area contributed by atoms with Gasteiger partial charge in [-0.15, -0.1) is 0 Å². The minimum absolute atomic E-state index is 0.234. The Bertz CT molecular complexity index is 385. The van der Waals surface area contributed by atoms with Crippen molar-refractivity contribution in [2.24, 2.45) is 11.8 Å². The first-order valence-electron chi connectivity index (χ1n) is 7.58. The molecule has 3 unspecified atom stereocenters. The molecule has 0 saturated heterocycles. The molecule has 1 aromatic carbocycles. The van der Waals surface area contributed by atoms with Crippen LogP contribution in [0.25, 0.3) is 0 Å². The van der Waals surface area contributed by atoms with Crippen molar-refractivity contribution in [1.29, 1.82) is 0 Å². The summed E-state index contributed by atoms with van der Waals surface area (Å²) in [6.45, 7) is 8.83. The van der Waals surface area contributed by atoms with Gasteiger partial charge in [0.25, 0.3) is 0 Å². The maximum absolute atomic E-state index is 5.67. The lowest BCUT2D eigenvalue weighted by Gasteiger charge is -2.34. The van der Waals surface area contributed by atoms with E-state index in [0.717, 1.165) is 17.6 Å². The van der Waals surface area contributed by atoms with Gasteiger partial charge in [0.05, 0.1) is 6.10 Å². The summed E-state index contributed by atoms with van der Waals surface area (Å²) in [5, 5.41) is 3.69. The first-order valence-corrected chi connectivity index (χ1v) is 7.58. The van der Waals surface area contributed by atoms with Crippen LogP contribution in [-0.2, 0) is 0 Å². The van der Waals surface area contributed by atoms with E-state index in [9.17, 15) is 0 Å². The monoisotopic (exact) mass is 261 g/mol. The highest BCUT2D eigenvalue weighted by atomic mass is 16.5. The average Bonchev–Trinajstić information content (AvgIpc) is 2.35. The van der Waals surface area contributed by atoms with Gasteiger partial charge in [0.1, 0.15) is 5.75 Å². The predicted octanol–water partition coefficient (Wildman–Crippen LogP) is 4.71. The Balaban J connectivity index is 1.95. The summed E-state index contributed by atoms with van der Waals surface area (Å²) >= 11 is 0. The van der Waals surface area contributed by atoms with Gasteiger partial charge in [0.15, 0.2) is 0 Å². The van der Waals surface area contributed by atoms with E-state index in [4.69, 9.17) is 4.74 Å². The molecule has 2 heteroatoms. The van der Waals surface area contributed by atoms with E-state index >= 15 is 0 Å². The van der Waals surface area contributed by atoms with Gasteiger partial charge in [-0.25, -0.2) is 0 Å². The lowest BCUT2D eigenvalue weighted by atomic mass is 9.80. The molecule has 1 saturated carbocycles. The standard InChI is InChI=1S/C17H27NO/c1-12(2)19-16-9-7-15(8-10-16)18-17-11-13(3)5-6-14(17)4/h7-10,12-14,17-18H,5-6,11H2,1-4H3. The Kier molecular flexibility index (Phi) is 4.73. The molecule has 2 nitrogen and oxygen atoms in total. The summed E-state index contributed by atoms with van der Waals surface area (Å²) < 4.78 is 5.67. The van der Waals surface area contributed by atoms with Gasteiger partial charge in [-0.2, -0.15) is 0 Å². The van der Waals surface area contributed by atoms with Crippen LogP contribution in [0.4, 0.5) is 5.69 Å². The number of benzene rings is 1. The maximum Gasteiger partial charge on any atom is 0.119 e. The molecular formula is C17H27NO. The quantitative estimate of drug-likeness (QED) is 0.847. The Morgan fingerprint density at radius 1 is 1.11 bits per heavy atom. The number of anilines is 1. The number of ether oxygens (including phenoxy) is 1. The highest BCUT2D eigenvalue weighted by molar-refractivity contribution is 5.47. The van der Waals surface area contributed by atoms with Crippen molar-refractivity contribution in [2.45, 2.75) is 59.1 Å². The summed E-state index contributed by atoms with van der Waals surface area (Å²) in [5.41, 5.74) is 1.21. The molecule has 3 atom stereocenters. The van der Waals surface area contributed by atoms with Gasteiger partial charge < -0.3 is 10.1 Å². The second kappa shape index (κ2) is 6.31. The largest absolute Gasteiger partial charge is 0.491 e. The number of rotatable bonds is 4. The zero-order valence-electron chi connectivity index (χ0n) is 12.6. The third kappa shape index (κ3) is 4.15. The molecule has 1 aliphatic carbocycles. The summed E-state index contributed by atoms with van der Waals surface area (Å²) in [6.07, 6.45) is 4.23. The maximum atomic E-state index is 5.67. The van der Waals surface area contributed by atoms with Crippen LogP contribution in [0.1, 0.15) is 47.0 Å². The van der Waals surface area contributed by atoms with Crippen LogP contribution in [0.15, 0.2) is 24.3 Å². The fraction of sp³-hybridized carbons (Fsp3) is 0.647. The minimum Gasteiger partial charge on any atom is -0.491 e. The van der Waals surface area contributed by atoms with Gasteiger partial charge in [-0.1, -0.05) is 20.3 Å². The van der Waals surface area contributed by atoms with Crippen molar-refractivity contribution < 1.29 is 4.74 Å². The molecule has 0 radical (unpaired) electrons. The highest BCUT2D eigenvalue weighted by Crippen LogP contribution is 2.31. The Morgan fingerprint density at radius 2 is 1.79 bits per heavy atom. The third-order valence-electron chi connectivity index (χ3n) is 4.04. The Labute approximate surface area is 117 Å². The van der Waals surface area contributed by atoms with Crippen LogP contribution in [0, 0.1) is 11.8 Å². The molecule has 1 aliphatic rings. The van der Waals surface area contributed by atoms with Crippen molar-refractivity contribution in [3.63, 3.8) is 0 Å². The normalized spacial score (nSPS) is 27.3. The molecule has 2 rings (SSSR count). The predicted molar refractivity (Wildman–Crippen MR) is 81.8 cm³/mol. The van der Waals surface area contributed by atoms with Crippen molar-refractivity contribution in [2.75, 3.05) is 5.32 Å². The molecule has 0 bridgehead atoms. The number of hydrogen-bond donors (Lipinski definition) is 1. The highest BCUT2D eigenvalue weighted by Gasteiger charge is 2.25. The smallest absolute Gasteiger partial charge is 0.119 e. The van der Waals surface area contributed by atoms with Crippen molar-refractivity contribution in [3.8, 4) is 5.75 Å². The summed E-state index contributed by atoms with van der Waals surface area (Å²) in [4.78, 5) is 0. The average molecular weight is 261 g/mol. The topological polar surface area (TPSA) is 21.3 Å². The Hall–Kier alpha value is -1.18. The van der Waals surface area contributed by atoms with Crippen LogP contribution in [0.3, 0.4) is 0 Å². The second-order valence-corrected chi connectivity index (χ2v) is 6.34. The van der Waals surface area contributed by atoms with E-state index in [1.165, 1.54) is 24.9 Å². The zero-order chi connectivity index (χ0) is 13.8. The van der Waals surface area contributed by atoms with Crippen molar-refractivity contribution >= 4 is 5.69 Å². The molecule has 1 fully saturated rings. The molecule has 0 amide bonds. The molecule has 1 aromatic rings. The fourth-order valence-electron chi connectivity index (χ4n) is 2.85. The van der Waals surface area contributed by atoms with E-state index in [2.05, 4.69) is 57.3 Å². The van der Waals surface area contributed by atoms with E-state index in [1.807, 2.05) is 0 Å². The van der Waals surface area contributed by atoms with Gasteiger partial charge >= 0.3 is 0 Å². The first kappa shape index (κ1) is 14.2. The Morgan fingerprint density at radius 3 is 2.42 bits per heavy atom. The SMILES string of the molecule is CC1CCC(C)C(Nc2ccc(OC(C)C)cc2)C1. The molecule has 0 aliphatic heterocycles. The van der Waals surface area contributed by atoms with Crippen LogP contribution >= 0.6 is 0 Å². The van der Waals surface area contributed by atoms with E-state index < -0.39 is 0 Å². The second-order valence-electron chi connectivity index (χ2n) is 6.34. The van der Waals surface area contributed by atoms with Crippen LogP contribution in [-0.4, -0.2) is 12.1 Å². The van der Waals surface area contributed by atoms with Gasteiger partial charge in [-0.05, 0) is 62.8 Å². The van der Waals surface area contributed by atoms with E-state index in [-0.39, 0.29) is 6.10 Å². The minimum atomic E-state index is 0.234. The van der Waals surface area contributed by atoms with Gasteiger partial charge in [-0.3, -0.25) is 0 Å². The van der Waals surface area contributed by atoms with Gasteiger partial charge in [0.2, 0.25) is 0 Å². The lowest BCUT2D eigenvalue weighted by Crippen LogP contribution is -2.33. The molecular weight excluding hydrogens is 234 g/mol. The molecule has 19 heavy (non-hydrogen) atoms. The van der Waals surface area contributed by atoms with E-state index in [1.54, 1.807) is 0 Å². The summed E-state index contributed by atoms with van der Waals surface area (Å²) in [5.74, 6) is 2.56. The molecule has 0 aromatic heterocycles. The third-order valence-corrected chi connectivity index (χ3v) is 4.04. The first-order chi connectivity index (χ1) is 9.04. The molecule has 106 valence electrons. The lowest BCUT2D eigenvalue weighted by molar-refractivity contribution is 0.242. The molecule has 1 N–H and O–H groups in total. The van der Waals surface area contributed by atoms with Crippen molar-refractivity contribution in [3.05, 3.63) is 24.3 Å². The van der Waals surface area contributed by atoms with Crippen LogP contribution in [0.2, 0.25) is 0 Å².